The number of aryl methyl sites for hydroxylation is 1. The average Bonchev–Trinajstić information content (AvgIpc) is 2.74. The molecular formula is C25H26N2O3. The summed E-state index contributed by atoms with van der Waals surface area (Å²) in [7, 11) is 1.69. The molecule has 1 heterocycles. The topological polar surface area (TPSA) is 68.3 Å². The number of pyridine rings is 1. The van der Waals surface area contributed by atoms with E-state index in [2.05, 4.69) is 34.6 Å². The van der Waals surface area contributed by atoms with Crippen molar-refractivity contribution in [2.75, 3.05) is 12.4 Å². The number of amides is 1. The summed E-state index contributed by atoms with van der Waals surface area (Å²) < 4.78 is 5.42. The van der Waals surface area contributed by atoms with E-state index >= 15 is 0 Å². The first-order chi connectivity index (χ1) is 14.5. The fourth-order valence-electron chi connectivity index (χ4n) is 4.66. The van der Waals surface area contributed by atoms with Crippen LogP contribution in [0, 0.1) is 0 Å². The van der Waals surface area contributed by atoms with Gasteiger partial charge in [-0.2, -0.15) is 0 Å². The van der Waals surface area contributed by atoms with Crippen LogP contribution in [0.4, 0.5) is 5.82 Å². The highest BCUT2D eigenvalue weighted by Crippen LogP contribution is 2.50. The molecule has 0 saturated heterocycles. The third kappa shape index (κ3) is 3.92. The summed E-state index contributed by atoms with van der Waals surface area (Å²) in [5.74, 6) is 1.52. The van der Waals surface area contributed by atoms with Gasteiger partial charge < -0.3 is 10.1 Å². The minimum absolute atomic E-state index is 0.131. The van der Waals surface area contributed by atoms with Gasteiger partial charge in [0.25, 0.3) is 0 Å². The molecule has 4 rings (SSSR count). The Balaban J connectivity index is 1.62. The van der Waals surface area contributed by atoms with Gasteiger partial charge in [-0.05, 0) is 72.7 Å². The van der Waals surface area contributed by atoms with Crippen molar-refractivity contribution in [1.29, 1.82) is 0 Å². The molecule has 1 N–H and O–H groups in total. The fraction of sp³-hybridized carbons (Fsp3) is 0.320. The van der Waals surface area contributed by atoms with Crippen LogP contribution in [0.1, 0.15) is 49.3 Å². The molecular weight excluding hydrogens is 376 g/mol. The molecule has 1 aromatic heterocycles. The molecule has 0 bridgehead atoms. The van der Waals surface area contributed by atoms with E-state index in [4.69, 9.17) is 4.74 Å². The number of carbonyl (C=O) groups excluding carboxylic acids is 2. The molecule has 0 unspecified atom stereocenters. The Morgan fingerprint density at radius 3 is 2.83 bits per heavy atom. The zero-order valence-electron chi connectivity index (χ0n) is 17.4. The maximum Gasteiger partial charge on any atom is 0.222 e. The van der Waals surface area contributed by atoms with E-state index in [1.807, 2.05) is 18.2 Å². The van der Waals surface area contributed by atoms with Gasteiger partial charge >= 0.3 is 0 Å². The second kappa shape index (κ2) is 8.27. The van der Waals surface area contributed by atoms with Crippen molar-refractivity contribution in [2.45, 2.75) is 44.4 Å². The molecule has 0 spiro atoms. The number of rotatable bonds is 5. The van der Waals surface area contributed by atoms with E-state index in [1.165, 1.54) is 23.6 Å². The first-order valence-corrected chi connectivity index (χ1v) is 10.3. The molecule has 5 nitrogen and oxygen atoms in total. The number of benzene rings is 1. The summed E-state index contributed by atoms with van der Waals surface area (Å²) >= 11 is 0. The molecule has 0 aliphatic heterocycles. The largest absolute Gasteiger partial charge is 0.497 e. The van der Waals surface area contributed by atoms with Gasteiger partial charge in [-0.15, -0.1) is 0 Å². The first-order valence-electron chi connectivity index (χ1n) is 10.3. The molecule has 0 radical (unpaired) electrons. The van der Waals surface area contributed by atoms with Gasteiger partial charge in [0.05, 0.1) is 7.11 Å². The van der Waals surface area contributed by atoms with E-state index in [0.29, 0.717) is 12.2 Å². The third-order valence-corrected chi connectivity index (χ3v) is 6.11. The number of methoxy groups -OCH3 is 1. The number of hydrogen-bond acceptors (Lipinski definition) is 4. The van der Waals surface area contributed by atoms with Crippen molar-refractivity contribution in [3.05, 3.63) is 70.9 Å². The predicted octanol–water partition coefficient (Wildman–Crippen LogP) is 4.63. The van der Waals surface area contributed by atoms with Crippen molar-refractivity contribution in [3.8, 4) is 5.75 Å². The van der Waals surface area contributed by atoms with Crippen molar-refractivity contribution >= 4 is 23.6 Å². The second-order valence-electron chi connectivity index (χ2n) is 8.01. The number of carbonyl (C=O) groups is 2. The molecule has 1 amide bonds. The Kier molecular flexibility index (Phi) is 5.53. The lowest BCUT2D eigenvalue weighted by Gasteiger charge is -2.43. The number of ether oxygens (including phenoxy) is 1. The fourth-order valence-corrected chi connectivity index (χ4v) is 4.66. The van der Waals surface area contributed by atoms with Gasteiger partial charge in [0.2, 0.25) is 5.91 Å². The molecule has 2 aromatic rings. The number of aromatic nitrogens is 1. The van der Waals surface area contributed by atoms with Crippen molar-refractivity contribution in [2.24, 2.45) is 0 Å². The summed E-state index contributed by atoms with van der Waals surface area (Å²) in [6, 6.07) is 10.1. The maximum atomic E-state index is 12.1. The lowest BCUT2D eigenvalue weighted by Crippen LogP contribution is -2.36. The molecule has 2 aliphatic rings. The Labute approximate surface area is 176 Å². The van der Waals surface area contributed by atoms with E-state index < -0.39 is 0 Å². The second-order valence-corrected chi connectivity index (χ2v) is 8.01. The Bertz CT molecular complexity index is 1040. The minimum Gasteiger partial charge on any atom is -0.497 e. The van der Waals surface area contributed by atoms with Crippen LogP contribution in [0.2, 0.25) is 0 Å². The normalized spacial score (nSPS) is 20.3. The Morgan fingerprint density at radius 2 is 2.10 bits per heavy atom. The van der Waals surface area contributed by atoms with Gasteiger partial charge in [-0.1, -0.05) is 23.8 Å². The van der Waals surface area contributed by atoms with Crippen LogP contribution >= 0.6 is 0 Å². The van der Waals surface area contributed by atoms with Crippen LogP contribution in [0.25, 0.3) is 6.08 Å². The highest BCUT2D eigenvalue weighted by molar-refractivity contribution is 5.92. The number of anilines is 1. The molecule has 5 heteroatoms. The van der Waals surface area contributed by atoms with E-state index in [1.54, 1.807) is 19.4 Å². The third-order valence-electron chi connectivity index (χ3n) is 6.11. The number of nitrogens with one attached hydrogen (secondary N) is 1. The zero-order chi connectivity index (χ0) is 21.1. The maximum absolute atomic E-state index is 12.1. The summed E-state index contributed by atoms with van der Waals surface area (Å²) in [6.07, 6.45) is 12.0. The van der Waals surface area contributed by atoms with Gasteiger partial charge in [-0.3, -0.25) is 9.59 Å². The van der Waals surface area contributed by atoms with Crippen LogP contribution in [0.3, 0.4) is 0 Å². The van der Waals surface area contributed by atoms with Gasteiger partial charge in [0.15, 0.2) is 5.78 Å². The van der Waals surface area contributed by atoms with Gasteiger partial charge in [0, 0.05) is 25.0 Å². The van der Waals surface area contributed by atoms with Crippen LogP contribution in [-0.4, -0.2) is 23.8 Å². The highest BCUT2D eigenvalue weighted by Gasteiger charge is 2.42. The summed E-state index contributed by atoms with van der Waals surface area (Å²) in [5, 5.41) is 2.68. The number of allylic oxidation sites excluding steroid dienone is 3. The lowest BCUT2D eigenvalue weighted by atomic mass is 9.60. The minimum atomic E-state index is -0.136. The van der Waals surface area contributed by atoms with Crippen molar-refractivity contribution in [3.63, 3.8) is 0 Å². The van der Waals surface area contributed by atoms with Crippen LogP contribution in [0.5, 0.6) is 5.75 Å². The van der Waals surface area contributed by atoms with Gasteiger partial charge in [0.1, 0.15) is 11.6 Å². The predicted molar refractivity (Wildman–Crippen MR) is 118 cm³/mol. The summed E-state index contributed by atoms with van der Waals surface area (Å²) in [5.41, 5.74) is 4.73. The highest BCUT2D eigenvalue weighted by atomic mass is 16.5. The summed E-state index contributed by atoms with van der Waals surface area (Å²) in [6.45, 7) is 1.46. The van der Waals surface area contributed by atoms with E-state index in [-0.39, 0.29) is 17.1 Å². The van der Waals surface area contributed by atoms with Crippen LogP contribution in [-0.2, 0) is 21.4 Å². The zero-order valence-corrected chi connectivity index (χ0v) is 17.4. The molecule has 30 heavy (non-hydrogen) atoms. The van der Waals surface area contributed by atoms with Crippen LogP contribution in [0.15, 0.2) is 54.3 Å². The number of hydrogen-bond donors (Lipinski definition) is 1. The molecule has 0 fully saturated rings. The monoisotopic (exact) mass is 402 g/mol. The molecule has 1 aromatic carbocycles. The number of nitrogens with zero attached hydrogens (tertiary/aromatic N) is 1. The Hall–Kier alpha value is -3.21. The molecule has 1 atom stereocenters. The van der Waals surface area contributed by atoms with Crippen molar-refractivity contribution < 1.29 is 14.3 Å². The quantitative estimate of drug-likeness (QED) is 0.792. The van der Waals surface area contributed by atoms with Crippen LogP contribution < -0.4 is 10.1 Å². The summed E-state index contributed by atoms with van der Waals surface area (Å²) in [4.78, 5) is 27.5. The first kappa shape index (κ1) is 20.1. The Morgan fingerprint density at radius 1 is 1.23 bits per heavy atom. The standard InChI is InChI=1S/C25H26N2O3/c1-17(28)27-24-10-5-18(16-26-24)4-3-12-25-13-11-21(29)15-20(25)7-6-19-14-22(30-2)8-9-23(19)25/h3-5,8-10,14-16H,6-7,11-13H2,1-2H3,(H,26,27,28)/t25-/m1/s1. The smallest absolute Gasteiger partial charge is 0.222 e. The SMILES string of the molecule is COc1ccc2c(c1)CCC1=CC(=O)CC[C@]12CC=Cc1ccc(NC(C)=O)nc1. The average molecular weight is 402 g/mol. The lowest BCUT2D eigenvalue weighted by molar-refractivity contribution is -0.115. The van der Waals surface area contributed by atoms with E-state index in [9.17, 15) is 9.59 Å². The number of fused-ring (bicyclic) bond motifs is 3. The van der Waals surface area contributed by atoms with Gasteiger partial charge in [-0.25, -0.2) is 4.98 Å². The van der Waals surface area contributed by atoms with Crippen molar-refractivity contribution in [1.82, 2.24) is 4.98 Å². The molecule has 154 valence electrons. The number of ketones is 1. The van der Waals surface area contributed by atoms with E-state index in [0.717, 1.165) is 37.0 Å². The molecule has 2 aliphatic carbocycles. The molecule has 0 saturated carbocycles.